The number of benzene rings is 2. The van der Waals surface area contributed by atoms with Gasteiger partial charge >= 0.3 is 0 Å². The number of halogens is 2. The van der Waals surface area contributed by atoms with E-state index in [0.29, 0.717) is 17.9 Å². The van der Waals surface area contributed by atoms with Crippen LogP contribution >= 0.6 is 0 Å². The van der Waals surface area contributed by atoms with Crippen LogP contribution in [0.25, 0.3) is 11.3 Å². The first-order valence-corrected chi connectivity index (χ1v) is 6.45. The molecule has 106 valence electrons. The quantitative estimate of drug-likeness (QED) is 0.801. The van der Waals surface area contributed by atoms with Crippen LogP contribution in [-0.2, 0) is 6.54 Å². The largest absolute Gasteiger partial charge is 0.396 e. The van der Waals surface area contributed by atoms with Gasteiger partial charge in [-0.2, -0.15) is 5.10 Å². The summed E-state index contributed by atoms with van der Waals surface area (Å²) < 4.78 is 27.5. The lowest BCUT2D eigenvalue weighted by Crippen LogP contribution is -2.00. The van der Waals surface area contributed by atoms with Crippen LogP contribution in [0.3, 0.4) is 0 Å². The van der Waals surface area contributed by atoms with E-state index < -0.39 is 0 Å². The van der Waals surface area contributed by atoms with Crippen LogP contribution in [0.5, 0.6) is 0 Å². The van der Waals surface area contributed by atoms with Crippen LogP contribution in [0.15, 0.2) is 54.7 Å². The van der Waals surface area contributed by atoms with E-state index in [-0.39, 0.29) is 11.6 Å². The molecule has 0 aliphatic heterocycles. The second-order valence-corrected chi connectivity index (χ2v) is 4.76. The van der Waals surface area contributed by atoms with Crippen LogP contribution in [0, 0.1) is 11.6 Å². The van der Waals surface area contributed by atoms with E-state index in [1.807, 2.05) is 0 Å². The number of nitrogens with two attached hydrogens (primary N) is 1. The van der Waals surface area contributed by atoms with Crippen molar-refractivity contribution in [3.05, 3.63) is 71.9 Å². The van der Waals surface area contributed by atoms with Gasteiger partial charge in [-0.1, -0.05) is 12.1 Å². The Bertz CT molecular complexity index is 746. The Morgan fingerprint density at radius 2 is 1.48 bits per heavy atom. The maximum atomic E-state index is 12.9. The molecule has 0 fully saturated rings. The zero-order valence-electron chi connectivity index (χ0n) is 11.1. The SMILES string of the molecule is Nc1cn(Cc2ccc(F)cc2)nc1-c1ccc(F)cc1. The highest BCUT2D eigenvalue weighted by molar-refractivity contribution is 5.71. The first kappa shape index (κ1) is 13.3. The molecule has 2 N–H and O–H groups in total. The first-order chi connectivity index (χ1) is 10.1. The Morgan fingerprint density at radius 1 is 0.905 bits per heavy atom. The fourth-order valence-corrected chi connectivity index (χ4v) is 2.13. The normalized spacial score (nSPS) is 10.8. The van der Waals surface area contributed by atoms with Gasteiger partial charge in [0.15, 0.2) is 0 Å². The lowest BCUT2D eigenvalue weighted by atomic mass is 10.1. The molecule has 3 rings (SSSR count). The highest BCUT2D eigenvalue weighted by atomic mass is 19.1. The Kier molecular flexibility index (Phi) is 3.39. The number of hydrogen-bond donors (Lipinski definition) is 1. The maximum absolute atomic E-state index is 12.9. The van der Waals surface area contributed by atoms with E-state index >= 15 is 0 Å². The number of aromatic nitrogens is 2. The maximum Gasteiger partial charge on any atom is 0.123 e. The van der Waals surface area contributed by atoms with Crippen molar-refractivity contribution in [1.29, 1.82) is 0 Å². The van der Waals surface area contributed by atoms with Gasteiger partial charge in [0, 0.05) is 11.8 Å². The summed E-state index contributed by atoms with van der Waals surface area (Å²) in [4.78, 5) is 0. The van der Waals surface area contributed by atoms with Crippen LogP contribution in [0.4, 0.5) is 14.5 Å². The molecule has 5 heteroatoms. The third-order valence-corrected chi connectivity index (χ3v) is 3.17. The summed E-state index contributed by atoms with van der Waals surface area (Å²) in [5.41, 5.74) is 8.76. The van der Waals surface area contributed by atoms with Crippen molar-refractivity contribution < 1.29 is 8.78 Å². The molecule has 0 unspecified atom stereocenters. The van der Waals surface area contributed by atoms with Crippen molar-refractivity contribution >= 4 is 5.69 Å². The van der Waals surface area contributed by atoms with E-state index in [1.165, 1.54) is 24.3 Å². The lowest BCUT2D eigenvalue weighted by molar-refractivity contribution is 0.624. The van der Waals surface area contributed by atoms with Crippen molar-refractivity contribution in [2.24, 2.45) is 0 Å². The van der Waals surface area contributed by atoms with Crippen LogP contribution in [0.2, 0.25) is 0 Å². The fourth-order valence-electron chi connectivity index (χ4n) is 2.13. The number of nitrogen functional groups attached to an aromatic ring is 1. The zero-order valence-corrected chi connectivity index (χ0v) is 11.1. The molecule has 0 aliphatic carbocycles. The van der Waals surface area contributed by atoms with Crippen molar-refractivity contribution in [2.45, 2.75) is 6.54 Å². The van der Waals surface area contributed by atoms with Crippen molar-refractivity contribution in [1.82, 2.24) is 9.78 Å². The summed E-state index contributed by atoms with van der Waals surface area (Å²) in [7, 11) is 0. The van der Waals surface area contributed by atoms with Crippen molar-refractivity contribution in [3.8, 4) is 11.3 Å². The monoisotopic (exact) mass is 285 g/mol. The number of rotatable bonds is 3. The van der Waals surface area contributed by atoms with E-state index in [9.17, 15) is 8.78 Å². The van der Waals surface area contributed by atoms with Gasteiger partial charge in [-0.3, -0.25) is 4.68 Å². The Hall–Kier alpha value is -2.69. The molecule has 0 bridgehead atoms. The third-order valence-electron chi connectivity index (χ3n) is 3.17. The minimum Gasteiger partial charge on any atom is -0.396 e. The fraction of sp³-hybridized carbons (Fsp3) is 0.0625. The summed E-state index contributed by atoms with van der Waals surface area (Å²) in [6.45, 7) is 0.492. The molecule has 21 heavy (non-hydrogen) atoms. The van der Waals surface area contributed by atoms with Gasteiger partial charge in [0.1, 0.15) is 17.3 Å². The third kappa shape index (κ3) is 2.91. The average molecular weight is 285 g/mol. The Labute approximate surface area is 120 Å². The Morgan fingerprint density at radius 3 is 2.10 bits per heavy atom. The topological polar surface area (TPSA) is 43.8 Å². The Balaban J connectivity index is 1.87. The first-order valence-electron chi connectivity index (χ1n) is 6.45. The molecule has 0 spiro atoms. The van der Waals surface area contributed by atoms with Crippen molar-refractivity contribution in [2.75, 3.05) is 5.73 Å². The zero-order chi connectivity index (χ0) is 14.8. The van der Waals surface area contributed by atoms with E-state index in [1.54, 1.807) is 35.1 Å². The summed E-state index contributed by atoms with van der Waals surface area (Å²) in [5, 5.41) is 4.40. The molecule has 2 aromatic carbocycles. The van der Waals surface area contributed by atoms with Gasteiger partial charge in [0.2, 0.25) is 0 Å². The average Bonchev–Trinajstić information content (AvgIpc) is 2.83. The van der Waals surface area contributed by atoms with Gasteiger partial charge in [0.05, 0.1) is 12.2 Å². The molecular formula is C16H13F2N3. The second kappa shape index (κ2) is 5.36. The summed E-state index contributed by atoms with van der Waals surface area (Å²) in [6, 6.07) is 12.2. The molecule has 0 saturated carbocycles. The summed E-state index contributed by atoms with van der Waals surface area (Å²) in [6.07, 6.45) is 1.71. The predicted octanol–water partition coefficient (Wildman–Crippen LogP) is 3.46. The molecule has 0 saturated heterocycles. The standard InChI is InChI=1S/C16H13F2N3/c17-13-5-1-11(2-6-13)9-21-10-15(19)16(20-21)12-3-7-14(18)8-4-12/h1-8,10H,9,19H2. The molecule has 3 aromatic rings. The van der Waals surface area contributed by atoms with E-state index in [2.05, 4.69) is 5.10 Å². The lowest BCUT2D eigenvalue weighted by Gasteiger charge is -2.01. The van der Waals surface area contributed by atoms with Crippen molar-refractivity contribution in [3.63, 3.8) is 0 Å². The minimum absolute atomic E-state index is 0.272. The van der Waals surface area contributed by atoms with Gasteiger partial charge < -0.3 is 5.73 Å². The molecule has 0 aliphatic rings. The second-order valence-electron chi connectivity index (χ2n) is 4.76. The van der Waals surface area contributed by atoms with Gasteiger partial charge in [-0.15, -0.1) is 0 Å². The summed E-state index contributed by atoms with van der Waals surface area (Å²) >= 11 is 0. The van der Waals surface area contributed by atoms with Gasteiger partial charge in [-0.05, 0) is 42.0 Å². The highest BCUT2D eigenvalue weighted by Gasteiger charge is 2.09. The van der Waals surface area contributed by atoms with E-state index in [0.717, 1.165) is 11.1 Å². The van der Waals surface area contributed by atoms with Crippen LogP contribution < -0.4 is 5.73 Å². The van der Waals surface area contributed by atoms with Gasteiger partial charge in [-0.25, -0.2) is 8.78 Å². The number of nitrogens with zero attached hydrogens (tertiary/aromatic N) is 2. The smallest absolute Gasteiger partial charge is 0.123 e. The number of anilines is 1. The van der Waals surface area contributed by atoms with E-state index in [4.69, 9.17) is 5.73 Å². The molecule has 0 amide bonds. The molecular weight excluding hydrogens is 272 g/mol. The van der Waals surface area contributed by atoms with Gasteiger partial charge in [0.25, 0.3) is 0 Å². The predicted molar refractivity (Wildman–Crippen MR) is 77.5 cm³/mol. The van der Waals surface area contributed by atoms with Crippen LogP contribution in [0.1, 0.15) is 5.56 Å². The molecule has 0 atom stereocenters. The molecule has 1 aromatic heterocycles. The molecule has 0 radical (unpaired) electrons. The number of hydrogen-bond acceptors (Lipinski definition) is 2. The summed E-state index contributed by atoms with van der Waals surface area (Å²) in [5.74, 6) is -0.575. The molecule has 3 nitrogen and oxygen atoms in total. The highest BCUT2D eigenvalue weighted by Crippen LogP contribution is 2.24. The van der Waals surface area contributed by atoms with Crippen LogP contribution in [-0.4, -0.2) is 9.78 Å². The minimum atomic E-state index is -0.303. The molecule has 1 heterocycles.